The van der Waals surface area contributed by atoms with Gasteiger partial charge in [-0.3, -0.25) is 4.79 Å². The number of hydrogen-bond acceptors (Lipinski definition) is 4. The quantitative estimate of drug-likeness (QED) is 0.672. The molecule has 5 nitrogen and oxygen atoms in total. The largest absolute Gasteiger partial charge is 0.351 e. The van der Waals surface area contributed by atoms with Gasteiger partial charge in [-0.05, 0) is 23.7 Å². The Morgan fingerprint density at radius 2 is 1.95 bits per heavy atom. The molecule has 0 saturated carbocycles. The van der Waals surface area contributed by atoms with Gasteiger partial charge in [-0.25, -0.2) is 4.98 Å². The number of rotatable bonds is 4. The van der Waals surface area contributed by atoms with Gasteiger partial charge in [-0.1, -0.05) is 29.8 Å². The van der Waals surface area contributed by atoms with Gasteiger partial charge in [0.2, 0.25) is 5.28 Å². The van der Waals surface area contributed by atoms with Crippen molar-refractivity contribution < 1.29 is 4.79 Å². The molecule has 1 aromatic carbocycles. The van der Waals surface area contributed by atoms with E-state index in [-0.39, 0.29) is 17.9 Å². The average molecular weight is 297 g/mol. The zero-order chi connectivity index (χ0) is 13.7. The van der Waals surface area contributed by atoms with Crippen molar-refractivity contribution in [2.75, 3.05) is 12.0 Å². The Morgan fingerprint density at radius 1 is 1.21 bits per heavy atom. The van der Waals surface area contributed by atoms with E-state index in [0.717, 1.165) is 0 Å². The second kappa shape index (κ2) is 6.36. The van der Waals surface area contributed by atoms with E-state index in [9.17, 15) is 4.79 Å². The molecule has 0 bridgehead atoms. The first-order valence-electron chi connectivity index (χ1n) is 5.42. The first kappa shape index (κ1) is 13.6. The highest BCUT2D eigenvalue weighted by molar-refractivity contribution is 6.33. The topological polar surface area (TPSA) is 66.9 Å². The molecule has 0 unspecified atom stereocenters. The summed E-state index contributed by atoms with van der Waals surface area (Å²) in [6, 6.07) is 8.89. The van der Waals surface area contributed by atoms with Crippen molar-refractivity contribution in [2.45, 2.75) is 0 Å². The van der Waals surface area contributed by atoms with Crippen LogP contribution in [0.25, 0.3) is 0 Å². The van der Waals surface area contributed by atoms with E-state index in [1.807, 2.05) is 6.07 Å². The van der Waals surface area contributed by atoms with Crippen LogP contribution in [-0.4, -0.2) is 22.5 Å². The Bertz CT molecular complexity index is 577. The molecule has 2 rings (SSSR count). The molecule has 19 heavy (non-hydrogen) atoms. The van der Waals surface area contributed by atoms with E-state index in [0.29, 0.717) is 16.4 Å². The van der Waals surface area contributed by atoms with Crippen LogP contribution < -0.4 is 10.6 Å². The molecule has 0 saturated heterocycles. The van der Waals surface area contributed by atoms with Crippen LogP contribution in [0.1, 0.15) is 10.4 Å². The maximum Gasteiger partial charge on any atom is 0.252 e. The average Bonchev–Trinajstić information content (AvgIpc) is 2.43. The van der Waals surface area contributed by atoms with Gasteiger partial charge in [-0.15, -0.1) is 0 Å². The van der Waals surface area contributed by atoms with Crippen LogP contribution >= 0.6 is 23.2 Å². The fourth-order valence-corrected chi connectivity index (χ4v) is 1.66. The smallest absolute Gasteiger partial charge is 0.252 e. The van der Waals surface area contributed by atoms with Crippen molar-refractivity contribution in [2.24, 2.45) is 0 Å². The minimum atomic E-state index is -0.190. The van der Waals surface area contributed by atoms with Gasteiger partial charge in [-0.2, -0.15) is 4.98 Å². The molecule has 7 heteroatoms. The minimum Gasteiger partial charge on any atom is -0.351 e. The maximum atomic E-state index is 11.7. The van der Waals surface area contributed by atoms with Gasteiger partial charge < -0.3 is 10.6 Å². The first-order chi connectivity index (χ1) is 9.16. The summed E-state index contributed by atoms with van der Waals surface area (Å²) >= 11 is 11.5. The molecule has 0 radical (unpaired) electrons. The summed E-state index contributed by atoms with van der Waals surface area (Å²) in [7, 11) is 0. The Morgan fingerprint density at radius 3 is 2.68 bits per heavy atom. The number of aromatic nitrogens is 2. The third-order valence-electron chi connectivity index (χ3n) is 2.26. The van der Waals surface area contributed by atoms with Gasteiger partial charge in [0.25, 0.3) is 5.91 Å². The zero-order valence-electron chi connectivity index (χ0n) is 9.73. The Hall–Kier alpha value is -1.85. The molecule has 2 N–H and O–H groups in total. The van der Waals surface area contributed by atoms with Gasteiger partial charge >= 0.3 is 0 Å². The highest BCUT2D eigenvalue weighted by Crippen LogP contribution is 2.18. The fourth-order valence-electron chi connectivity index (χ4n) is 1.37. The van der Waals surface area contributed by atoms with E-state index >= 15 is 0 Å². The molecule has 0 atom stereocenters. The van der Waals surface area contributed by atoms with E-state index in [4.69, 9.17) is 23.2 Å². The third kappa shape index (κ3) is 3.81. The highest BCUT2D eigenvalue weighted by atomic mass is 35.5. The lowest BCUT2D eigenvalue weighted by Crippen LogP contribution is -2.29. The van der Waals surface area contributed by atoms with Gasteiger partial charge in [0, 0.05) is 5.56 Å². The molecule has 0 fully saturated rings. The predicted octanol–water partition coefficient (Wildman–Crippen LogP) is 2.58. The highest BCUT2D eigenvalue weighted by Gasteiger charge is 2.06. The van der Waals surface area contributed by atoms with Crippen LogP contribution in [-0.2, 0) is 0 Å². The summed E-state index contributed by atoms with van der Waals surface area (Å²) in [5.41, 5.74) is 0.580. The number of nitrogens with zero attached hydrogens (tertiary/aromatic N) is 2. The minimum absolute atomic E-state index is 0.0845. The summed E-state index contributed by atoms with van der Waals surface area (Å²) in [6.07, 6.45) is 1.39. The Kier molecular flexibility index (Phi) is 4.54. The van der Waals surface area contributed by atoms with Crippen molar-refractivity contribution in [3.8, 4) is 0 Å². The van der Waals surface area contributed by atoms with Gasteiger partial charge in [0.05, 0.1) is 12.9 Å². The van der Waals surface area contributed by atoms with E-state index in [1.54, 1.807) is 24.3 Å². The normalized spacial score (nSPS) is 10.0. The number of carbonyl (C=O) groups is 1. The predicted molar refractivity (Wildman–Crippen MR) is 74.4 cm³/mol. The number of carbonyl (C=O) groups excluding carboxylic acids is 1. The standard InChI is InChI=1S/C12H10Cl2N4O/c13-9-6-15-12(14)18-10(9)16-7-17-11(19)8-4-2-1-3-5-8/h1-6H,7H2,(H,17,19)(H,15,16,18). The van der Waals surface area contributed by atoms with Crippen molar-refractivity contribution in [1.82, 2.24) is 15.3 Å². The van der Waals surface area contributed by atoms with Crippen molar-refractivity contribution >= 4 is 34.9 Å². The summed E-state index contributed by atoms with van der Waals surface area (Å²) in [5, 5.41) is 5.95. The van der Waals surface area contributed by atoms with Crippen LogP contribution in [0.4, 0.5) is 5.82 Å². The molecule has 1 aromatic heterocycles. The molecule has 0 aliphatic rings. The first-order valence-corrected chi connectivity index (χ1v) is 6.17. The van der Waals surface area contributed by atoms with E-state index < -0.39 is 0 Å². The summed E-state index contributed by atoms with van der Waals surface area (Å²) in [5.74, 6) is 0.180. The zero-order valence-corrected chi connectivity index (χ0v) is 11.2. The molecule has 0 aliphatic carbocycles. The number of halogens is 2. The molecule has 98 valence electrons. The monoisotopic (exact) mass is 296 g/mol. The number of nitrogens with one attached hydrogen (secondary N) is 2. The number of hydrogen-bond donors (Lipinski definition) is 2. The number of anilines is 1. The molecule has 1 heterocycles. The number of amides is 1. The van der Waals surface area contributed by atoms with Crippen LogP contribution in [0.5, 0.6) is 0 Å². The SMILES string of the molecule is O=C(NCNc1nc(Cl)ncc1Cl)c1ccccc1. The molecule has 2 aromatic rings. The number of benzene rings is 1. The molecule has 0 aliphatic heterocycles. The second-order valence-electron chi connectivity index (χ2n) is 3.56. The van der Waals surface area contributed by atoms with Crippen molar-refractivity contribution in [3.05, 3.63) is 52.4 Å². The van der Waals surface area contributed by atoms with Crippen LogP contribution in [0.15, 0.2) is 36.5 Å². The Labute approximate surface area is 120 Å². The fraction of sp³-hybridized carbons (Fsp3) is 0.0833. The van der Waals surface area contributed by atoms with Gasteiger partial charge in [0.15, 0.2) is 5.82 Å². The van der Waals surface area contributed by atoms with Crippen molar-refractivity contribution in [1.29, 1.82) is 0 Å². The molecule has 0 spiro atoms. The lowest BCUT2D eigenvalue weighted by Gasteiger charge is -2.08. The molecular formula is C12H10Cl2N4O. The van der Waals surface area contributed by atoms with Crippen LogP contribution in [0.3, 0.4) is 0 Å². The summed E-state index contributed by atoms with van der Waals surface area (Å²) in [6.45, 7) is 0.181. The second-order valence-corrected chi connectivity index (χ2v) is 4.31. The maximum absolute atomic E-state index is 11.7. The van der Waals surface area contributed by atoms with Crippen molar-refractivity contribution in [3.63, 3.8) is 0 Å². The lowest BCUT2D eigenvalue weighted by atomic mass is 10.2. The van der Waals surface area contributed by atoms with Crippen LogP contribution in [0.2, 0.25) is 10.3 Å². The third-order valence-corrected chi connectivity index (χ3v) is 2.71. The summed E-state index contributed by atoms with van der Waals surface area (Å²) < 4.78 is 0. The lowest BCUT2D eigenvalue weighted by molar-refractivity contribution is 0.0956. The van der Waals surface area contributed by atoms with Gasteiger partial charge in [0.1, 0.15) is 5.02 Å². The van der Waals surface area contributed by atoms with Crippen LogP contribution in [0, 0.1) is 0 Å². The summed E-state index contributed by atoms with van der Waals surface area (Å²) in [4.78, 5) is 19.4. The van der Waals surface area contributed by atoms with E-state index in [2.05, 4.69) is 20.6 Å². The Balaban J connectivity index is 1.90. The molecular weight excluding hydrogens is 287 g/mol. The van der Waals surface area contributed by atoms with E-state index in [1.165, 1.54) is 6.20 Å². The molecule has 1 amide bonds.